The molecule has 0 aromatic carbocycles. The van der Waals surface area contributed by atoms with Crippen LogP contribution in [0.15, 0.2) is 12.7 Å². The van der Waals surface area contributed by atoms with Crippen LogP contribution in [0.1, 0.15) is 26.2 Å². The van der Waals surface area contributed by atoms with Crippen LogP contribution in [0.4, 0.5) is 4.79 Å². The maximum absolute atomic E-state index is 11.9. The maximum atomic E-state index is 11.9. The molecule has 5 amide bonds. The molecule has 0 aliphatic carbocycles. The molecule has 0 spiro atoms. The second kappa shape index (κ2) is 8.06. The van der Waals surface area contributed by atoms with Crippen molar-refractivity contribution in [2.24, 2.45) is 0 Å². The molecule has 1 fully saturated rings. The first-order chi connectivity index (χ1) is 10.8. The number of amides is 5. The van der Waals surface area contributed by atoms with Gasteiger partial charge in [0.15, 0.2) is 0 Å². The summed E-state index contributed by atoms with van der Waals surface area (Å²) in [6, 6.07) is -2.02. The number of rotatable bonds is 9. The number of imide groups is 2. The van der Waals surface area contributed by atoms with Crippen molar-refractivity contribution in [1.82, 2.24) is 15.1 Å². The lowest BCUT2D eigenvalue weighted by atomic mass is 10.1. The minimum atomic E-state index is -1.20. The number of unbranched alkanes of at least 4 members (excludes halogenated alkanes) is 1. The highest BCUT2D eigenvalue weighted by atomic mass is 16.4. The Bertz CT molecular complexity index is 545. The lowest BCUT2D eigenvalue weighted by molar-refractivity contribution is -0.144. The minimum Gasteiger partial charge on any atom is -0.480 e. The van der Waals surface area contributed by atoms with E-state index in [1.165, 1.54) is 6.08 Å². The summed E-state index contributed by atoms with van der Waals surface area (Å²) in [6.07, 6.45) is 2.87. The monoisotopic (exact) mass is 325 g/mol. The van der Waals surface area contributed by atoms with Gasteiger partial charge in [0.1, 0.15) is 12.6 Å². The van der Waals surface area contributed by atoms with E-state index in [1.807, 2.05) is 6.92 Å². The van der Waals surface area contributed by atoms with Gasteiger partial charge in [0.2, 0.25) is 5.91 Å². The third kappa shape index (κ3) is 4.38. The van der Waals surface area contributed by atoms with Gasteiger partial charge in [-0.25, -0.2) is 14.5 Å². The average molecular weight is 325 g/mol. The van der Waals surface area contributed by atoms with Crippen molar-refractivity contribution >= 4 is 29.7 Å². The molecule has 1 aliphatic rings. The van der Waals surface area contributed by atoms with Crippen molar-refractivity contribution in [1.29, 1.82) is 0 Å². The molecule has 0 unspecified atom stereocenters. The number of hydrogen-bond acceptors (Lipinski definition) is 5. The van der Waals surface area contributed by atoms with Crippen molar-refractivity contribution in [2.75, 3.05) is 13.1 Å². The summed E-state index contributed by atoms with van der Waals surface area (Å²) >= 11 is 0. The fourth-order valence-electron chi connectivity index (χ4n) is 2.03. The molecule has 0 radical (unpaired) electrons. The van der Waals surface area contributed by atoms with Crippen LogP contribution >= 0.6 is 0 Å². The van der Waals surface area contributed by atoms with Crippen LogP contribution in [0.25, 0.3) is 0 Å². The topological polar surface area (TPSA) is 124 Å². The molecule has 1 aliphatic heterocycles. The molecular weight excluding hydrogens is 306 g/mol. The maximum Gasteiger partial charge on any atom is 0.335 e. The zero-order chi connectivity index (χ0) is 17.6. The van der Waals surface area contributed by atoms with Crippen LogP contribution < -0.4 is 5.32 Å². The van der Waals surface area contributed by atoms with Gasteiger partial charge in [-0.3, -0.25) is 19.3 Å². The zero-order valence-corrected chi connectivity index (χ0v) is 12.8. The lowest BCUT2D eigenvalue weighted by Crippen LogP contribution is -2.47. The second-order valence-electron chi connectivity index (χ2n) is 4.98. The fraction of sp³-hybridized carbons (Fsp3) is 0.500. The van der Waals surface area contributed by atoms with Crippen LogP contribution in [0.3, 0.4) is 0 Å². The van der Waals surface area contributed by atoms with Gasteiger partial charge in [-0.15, -0.1) is 6.58 Å². The van der Waals surface area contributed by atoms with Crippen LogP contribution in [-0.2, 0) is 19.2 Å². The van der Waals surface area contributed by atoms with E-state index in [1.54, 1.807) is 0 Å². The first kappa shape index (κ1) is 18.3. The van der Waals surface area contributed by atoms with Crippen LogP contribution in [0.2, 0.25) is 0 Å². The zero-order valence-electron chi connectivity index (χ0n) is 12.8. The SMILES string of the molecule is C=CCN1C(=O)C(=O)N(CC(=O)N[C@@H](CCCC)C(=O)O)C1=O. The van der Waals surface area contributed by atoms with Gasteiger partial charge in [-0.2, -0.15) is 0 Å². The summed E-state index contributed by atoms with van der Waals surface area (Å²) < 4.78 is 0. The molecule has 0 bridgehead atoms. The number of nitrogens with zero attached hydrogens (tertiary/aromatic N) is 2. The number of hydrogen-bond donors (Lipinski definition) is 2. The molecule has 0 aromatic rings. The number of carbonyl (C=O) groups is 5. The molecule has 0 aromatic heterocycles. The Morgan fingerprint density at radius 1 is 1.26 bits per heavy atom. The van der Waals surface area contributed by atoms with E-state index >= 15 is 0 Å². The highest BCUT2D eigenvalue weighted by Gasteiger charge is 2.44. The van der Waals surface area contributed by atoms with E-state index in [9.17, 15) is 24.0 Å². The number of nitrogens with one attached hydrogen (secondary N) is 1. The lowest BCUT2D eigenvalue weighted by Gasteiger charge is -2.17. The van der Waals surface area contributed by atoms with E-state index in [-0.39, 0.29) is 13.0 Å². The quantitative estimate of drug-likeness (QED) is 0.341. The molecule has 1 heterocycles. The van der Waals surface area contributed by atoms with E-state index in [4.69, 9.17) is 5.11 Å². The Morgan fingerprint density at radius 2 is 1.87 bits per heavy atom. The highest BCUT2D eigenvalue weighted by molar-refractivity contribution is 6.45. The van der Waals surface area contributed by atoms with Crippen LogP contribution in [0.5, 0.6) is 0 Å². The Labute approximate surface area is 132 Å². The largest absolute Gasteiger partial charge is 0.480 e. The average Bonchev–Trinajstić information content (AvgIpc) is 2.69. The summed E-state index contributed by atoms with van der Waals surface area (Å²) in [5.41, 5.74) is 0. The Hall–Kier alpha value is -2.71. The molecule has 1 atom stereocenters. The minimum absolute atomic E-state index is 0.143. The summed E-state index contributed by atoms with van der Waals surface area (Å²) in [6.45, 7) is 4.40. The van der Waals surface area contributed by atoms with Crippen molar-refractivity contribution in [3.8, 4) is 0 Å². The standard InChI is InChI=1S/C14H19N3O6/c1-3-5-6-9(13(21)22)15-10(18)8-17-12(20)11(19)16(7-4-2)14(17)23/h4,9H,2-3,5-8H2,1H3,(H,15,18)(H,21,22)/t9-/m0/s1. The highest BCUT2D eigenvalue weighted by Crippen LogP contribution is 2.11. The predicted octanol–water partition coefficient (Wildman–Crippen LogP) is -0.277. The van der Waals surface area contributed by atoms with Crippen LogP contribution in [0, 0.1) is 0 Å². The predicted molar refractivity (Wildman–Crippen MR) is 78.1 cm³/mol. The van der Waals surface area contributed by atoms with Gasteiger partial charge in [-0.1, -0.05) is 25.8 Å². The van der Waals surface area contributed by atoms with E-state index in [0.717, 1.165) is 6.42 Å². The van der Waals surface area contributed by atoms with Gasteiger partial charge in [-0.05, 0) is 6.42 Å². The molecule has 1 saturated heterocycles. The summed E-state index contributed by atoms with van der Waals surface area (Å²) in [7, 11) is 0. The van der Waals surface area contributed by atoms with Crippen molar-refractivity contribution in [2.45, 2.75) is 32.2 Å². The van der Waals surface area contributed by atoms with Crippen molar-refractivity contribution in [3.05, 3.63) is 12.7 Å². The molecule has 2 N–H and O–H groups in total. The fourth-order valence-corrected chi connectivity index (χ4v) is 2.03. The van der Waals surface area contributed by atoms with Crippen LogP contribution in [-0.4, -0.2) is 63.8 Å². The third-order valence-electron chi connectivity index (χ3n) is 3.23. The normalized spacial score (nSPS) is 15.8. The molecule has 9 heteroatoms. The summed E-state index contributed by atoms with van der Waals surface area (Å²) in [5, 5.41) is 11.3. The molecular formula is C14H19N3O6. The van der Waals surface area contributed by atoms with Gasteiger partial charge >= 0.3 is 23.8 Å². The summed E-state index contributed by atoms with van der Waals surface area (Å²) in [5.74, 6) is -4.17. The first-order valence-electron chi connectivity index (χ1n) is 7.13. The van der Waals surface area contributed by atoms with Gasteiger partial charge in [0.05, 0.1) is 0 Å². The number of aliphatic carboxylic acids is 1. The molecule has 126 valence electrons. The van der Waals surface area contributed by atoms with Crippen molar-refractivity contribution in [3.63, 3.8) is 0 Å². The number of carbonyl (C=O) groups excluding carboxylic acids is 4. The Kier molecular flexibility index (Phi) is 6.43. The second-order valence-corrected chi connectivity index (χ2v) is 4.98. The van der Waals surface area contributed by atoms with E-state index in [2.05, 4.69) is 11.9 Å². The number of carboxylic acids is 1. The number of carboxylic acid groups (broad SMARTS) is 1. The smallest absolute Gasteiger partial charge is 0.335 e. The molecule has 0 saturated carbocycles. The van der Waals surface area contributed by atoms with Gasteiger partial charge < -0.3 is 10.4 Å². The Balaban J connectivity index is 2.71. The third-order valence-corrected chi connectivity index (χ3v) is 3.23. The van der Waals surface area contributed by atoms with E-state index < -0.39 is 42.3 Å². The van der Waals surface area contributed by atoms with Crippen molar-refractivity contribution < 1.29 is 29.1 Å². The molecule has 1 rings (SSSR count). The Morgan fingerprint density at radius 3 is 2.39 bits per heavy atom. The van der Waals surface area contributed by atoms with Gasteiger partial charge in [0.25, 0.3) is 0 Å². The molecule has 9 nitrogen and oxygen atoms in total. The summed E-state index contributed by atoms with van der Waals surface area (Å²) in [4.78, 5) is 59.3. The van der Waals surface area contributed by atoms with Gasteiger partial charge in [0, 0.05) is 6.54 Å². The van der Waals surface area contributed by atoms with E-state index in [0.29, 0.717) is 16.2 Å². The number of urea groups is 1. The molecule has 23 heavy (non-hydrogen) atoms. The first-order valence-corrected chi connectivity index (χ1v) is 7.13.